The molecule has 6 heteroatoms. The Labute approximate surface area is 194 Å². The summed E-state index contributed by atoms with van der Waals surface area (Å²) in [6.45, 7) is 1.57. The Morgan fingerprint density at radius 3 is 1.76 bits per heavy atom. The van der Waals surface area contributed by atoms with Gasteiger partial charge in [-0.3, -0.25) is 0 Å². The maximum atomic E-state index is 9.35. The Hall–Kier alpha value is -2.58. The van der Waals surface area contributed by atoms with Gasteiger partial charge in [-0.2, -0.15) is 0 Å². The molecule has 1 fully saturated rings. The molecule has 0 aliphatic carbocycles. The van der Waals surface area contributed by atoms with Crippen molar-refractivity contribution in [3.05, 3.63) is 108 Å². The largest absolute Gasteiger partial charge is 0.374 e. The molecular formula is C27H30O6. The number of rotatable bonds is 11. The van der Waals surface area contributed by atoms with Crippen molar-refractivity contribution in [2.75, 3.05) is 6.61 Å². The summed E-state index contributed by atoms with van der Waals surface area (Å²) in [5.41, 5.74) is 3.19. The molecule has 1 heterocycles. The first kappa shape index (κ1) is 23.6. The van der Waals surface area contributed by atoms with E-state index in [0.717, 1.165) is 16.7 Å². The maximum absolute atomic E-state index is 9.35. The first-order chi connectivity index (χ1) is 16.3. The van der Waals surface area contributed by atoms with Crippen LogP contribution in [0.3, 0.4) is 0 Å². The van der Waals surface area contributed by atoms with Crippen molar-refractivity contribution >= 4 is 0 Å². The smallest absolute Gasteiger partial charge is 0.194 e. The predicted octanol–water partition coefficient (Wildman–Crippen LogP) is 4.98. The van der Waals surface area contributed by atoms with Crippen LogP contribution in [-0.2, 0) is 43.7 Å². The van der Waals surface area contributed by atoms with E-state index in [4.69, 9.17) is 18.9 Å². The molecule has 1 aliphatic heterocycles. The lowest BCUT2D eigenvalue weighted by atomic mass is 10.0. The Bertz CT molecular complexity index is 921. The Kier molecular flexibility index (Phi) is 9.00. The van der Waals surface area contributed by atoms with Gasteiger partial charge in [0.1, 0.15) is 12.2 Å². The van der Waals surface area contributed by atoms with E-state index in [1.165, 1.54) is 0 Å². The van der Waals surface area contributed by atoms with E-state index in [-0.39, 0.29) is 12.7 Å². The van der Waals surface area contributed by atoms with Crippen molar-refractivity contribution in [2.45, 2.75) is 50.8 Å². The first-order valence-corrected chi connectivity index (χ1v) is 11.2. The highest BCUT2D eigenvalue weighted by Crippen LogP contribution is 2.28. The van der Waals surface area contributed by atoms with Crippen LogP contribution in [0.1, 0.15) is 23.1 Å². The third kappa shape index (κ3) is 7.20. The molecule has 0 saturated carbocycles. The number of hydrogen-bond acceptors (Lipinski definition) is 6. The fourth-order valence-electron chi connectivity index (χ4n) is 3.88. The van der Waals surface area contributed by atoms with Crippen molar-refractivity contribution in [1.82, 2.24) is 0 Å². The molecule has 4 rings (SSSR count). The van der Waals surface area contributed by atoms with E-state index < -0.39 is 18.5 Å². The minimum absolute atomic E-state index is 0.277. The standard InChI is InChI=1S/C27H30O6/c28-33-26-16-24(30-18-22-12-6-2-7-13-22)27(31-19-23-14-8-3-9-15-23)25(32-26)20-29-17-21-10-4-1-5-11-21/h1-15,24-28H,16-20H2/t24-,25-,26-,27-/m1/s1. The third-order valence-electron chi connectivity index (χ3n) is 5.59. The van der Waals surface area contributed by atoms with Gasteiger partial charge in [0.05, 0.1) is 32.5 Å². The van der Waals surface area contributed by atoms with Crippen LogP contribution < -0.4 is 0 Å². The van der Waals surface area contributed by atoms with Crippen molar-refractivity contribution in [3.63, 3.8) is 0 Å². The van der Waals surface area contributed by atoms with Gasteiger partial charge in [-0.05, 0) is 16.7 Å². The van der Waals surface area contributed by atoms with E-state index in [0.29, 0.717) is 26.2 Å². The highest BCUT2D eigenvalue weighted by molar-refractivity contribution is 5.15. The summed E-state index contributed by atoms with van der Waals surface area (Å²) in [6, 6.07) is 29.9. The van der Waals surface area contributed by atoms with Gasteiger partial charge in [0.2, 0.25) is 0 Å². The number of hydrogen-bond donors (Lipinski definition) is 1. The summed E-state index contributed by atoms with van der Waals surface area (Å²) in [5.74, 6) is 0. The number of benzene rings is 3. The molecular weight excluding hydrogens is 420 g/mol. The summed E-state index contributed by atoms with van der Waals surface area (Å²) >= 11 is 0. The molecule has 3 aromatic rings. The Balaban J connectivity index is 1.44. The van der Waals surface area contributed by atoms with Crippen LogP contribution in [0.4, 0.5) is 0 Å². The summed E-state index contributed by atoms with van der Waals surface area (Å²) in [6.07, 6.45) is -1.67. The Morgan fingerprint density at radius 1 is 0.697 bits per heavy atom. The van der Waals surface area contributed by atoms with Gasteiger partial charge in [0, 0.05) is 6.42 Å². The summed E-state index contributed by atoms with van der Waals surface area (Å²) < 4.78 is 24.5. The van der Waals surface area contributed by atoms with Gasteiger partial charge in [-0.25, -0.2) is 10.1 Å². The van der Waals surface area contributed by atoms with E-state index in [1.54, 1.807) is 0 Å². The molecule has 6 nitrogen and oxygen atoms in total. The minimum Gasteiger partial charge on any atom is -0.374 e. The normalized spacial score (nSPS) is 22.8. The van der Waals surface area contributed by atoms with Gasteiger partial charge in [-0.1, -0.05) is 91.0 Å². The molecule has 0 unspecified atom stereocenters. The second kappa shape index (κ2) is 12.6. The summed E-state index contributed by atoms with van der Waals surface area (Å²) in [4.78, 5) is 4.57. The summed E-state index contributed by atoms with van der Waals surface area (Å²) in [5, 5.41) is 9.35. The zero-order valence-corrected chi connectivity index (χ0v) is 18.5. The Morgan fingerprint density at radius 2 is 1.21 bits per heavy atom. The highest BCUT2D eigenvalue weighted by Gasteiger charge is 2.41. The fourth-order valence-corrected chi connectivity index (χ4v) is 3.88. The van der Waals surface area contributed by atoms with Gasteiger partial charge in [-0.15, -0.1) is 0 Å². The van der Waals surface area contributed by atoms with Gasteiger partial charge in [0.25, 0.3) is 0 Å². The van der Waals surface area contributed by atoms with E-state index in [2.05, 4.69) is 4.89 Å². The third-order valence-corrected chi connectivity index (χ3v) is 5.59. The van der Waals surface area contributed by atoms with Crippen molar-refractivity contribution in [3.8, 4) is 0 Å². The minimum atomic E-state index is -0.812. The molecule has 1 aliphatic rings. The van der Waals surface area contributed by atoms with Gasteiger partial charge in [0.15, 0.2) is 6.29 Å². The number of ether oxygens (including phenoxy) is 4. The van der Waals surface area contributed by atoms with Gasteiger partial charge >= 0.3 is 0 Å². The second-order valence-corrected chi connectivity index (χ2v) is 8.04. The van der Waals surface area contributed by atoms with E-state index >= 15 is 0 Å². The van der Waals surface area contributed by atoms with Crippen molar-refractivity contribution in [2.24, 2.45) is 0 Å². The molecule has 4 atom stereocenters. The van der Waals surface area contributed by atoms with Crippen LogP contribution in [0, 0.1) is 0 Å². The van der Waals surface area contributed by atoms with Crippen molar-refractivity contribution in [1.29, 1.82) is 0 Å². The lowest BCUT2D eigenvalue weighted by Gasteiger charge is -2.40. The molecule has 174 valence electrons. The molecule has 0 aromatic heterocycles. The molecule has 0 radical (unpaired) electrons. The average Bonchev–Trinajstić information content (AvgIpc) is 2.88. The molecule has 0 amide bonds. The fraction of sp³-hybridized carbons (Fsp3) is 0.333. The van der Waals surface area contributed by atoms with E-state index in [9.17, 15) is 5.26 Å². The maximum Gasteiger partial charge on any atom is 0.194 e. The van der Waals surface area contributed by atoms with Crippen LogP contribution >= 0.6 is 0 Å². The topological polar surface area (TPSA) is 66.4 Å². The lowest BCUT2D eigenvalue weighted by molar-refractivity contribution is -0.385. The second-order valence-electron chi connectivity index (χ2n) is 8.04. The van der Waals surface area contributed by atoms with Crippen LogP contribution in [0.2, 0.25) is 0 Å². The molecule has 0 bridgehead atoms. The SMILES string of the molecule is OO[C@@H]1C[C@@H](OCc2ccccc2)[C@@H](OCc2ccccc2)[C@@H](COCc2ccccc2)O1. The predicted molar refractivity (Wildman–Crippen MR) is 123 cm³/mol. The molecule has 1 saturated heterocycles. The van der Waals surface area contributed by atoms with Gasteiger partial charge < -0.3 is 18.9 Å². The summed E-state index contributed by atoms with van der Waals surface area (Å²) in [7, 11) is 0. The zero-order chi connectivity index (χ0) is 22.7. The van der Waals surface area contributed by atoms with Crippen LogP contribution in [0.25, 0.3) is 0 Å². The zero-order valence-electron chi connectivity index (χ0n) is 18.5. The molecule has 0 spiro atoms. The van der Waals surface area contributed by atoms with Crippen molar-refractivity contribution < 1.29 is 29.1 Å². The average molecular weight is 451 g/mol. The molecule has 3 aromatic carbocycles. The van der Waals surface area contributed by atoms with Crippen LogP contribution in [0.15, 0.2) is 91.0 Å². The van der Waals surface area contributed by atoms with E-state index in [1.807, 2.05) is 91.0 Å². The first-order valence-electron chi connectivity index (χ1n) is 11.2. The lowest BCUT2D eigenvalue weighted by Crippen LogP contribution is -2.52. The monoisotopic (exact) mass is 450 g/mol. The molecule has 1 N–H and O–H groups in total. The van der Waals surface area contributed by atoms with Crippen LogP contribution in [-0.4, -0.2) is 36.5 Å². The highest BCUT2D eigenvalue weighted by atomic mass is 17.1. The molecule has 33 heavy (non-hydrogen) atoms. The van der Waals surface area contributed by atoms with Crippen LogP contribution in [0.5, 0.6) is 0 Å². The quantitative estimate of drug-likeness (QED) is 0.328.